The Morgan fingerprint density at radius 2 is 1.88 bits per heavy atom. The first-order chi connectivity index (χ1) is 12.6. The van der Waals surface area contributed by atoms with Gasteiger partial charge >= 0.3 is 0 Å². The minimum absolute atomic E-state index is 0.216. The number of hydrogen-bond donors (Lipinski definition) is 1. The minimum atomic E-state index is -0.368. The van der Waals surface area contributed by atoms with Gasteiger partial charge in [0.1, 0.15) is 6.29 Å². The number of imide groups is 1. The van der Waals surface area contributed by atoms with Crippen molar-refractivity contribution in [2.24, 2.45) is 0 Å². The number of nitrogens with zero attached hydrogens (tertiary/aromatic N) is 1. The molecule has 0 bridgehead atoms. The van der Waals surface area contributed by atoms with Gasteiger partial charge in [0.25, 0.3) is 5.24 Å². The molecule has 3 aromatic rings. The van der Waals surface area contributed by atoms with E-state index in [0.717, 1.165) is 40.1 Å². The molecule has 0 spiro atoms. The van der Waals surface area contributed by atoms with Crippen LogP contribution in [0.4, 0.5) is 4.79 Å². The molecule has 1 aliphatic rings. The summed E-state index contributed by atoms with van der Waals surface area (Å²) in [6.45, 7) is 0.698. The minimum Gasteiger partial charge on any atom is -0.343 e. The Morgan fingerprint density at radius 3 is 2.58 bits per heavy atom. The van der Waals surface area contributed by atoms with Crippen LogP contribution in [-0.2, 0) is 17.8 Å². The van der Waals surface area contributed by atoms with Crippen LogP contribution in [-0.4, -0.2) is 27.2 Å². The summed E-state index contributed by atoms with van der Waals surface area (Å²) in [6, 6.07) is 15.6. The van der Waals surface area contributed by atoms with Crippen molar-refractivity contribution in [2.45, 2.75) is 18.2 Å². The molecule has 1 N–H and O–H groups in total. The Balaban J connectivity index is 1.61. The molecule has 0 saturated carbocycles. The lowest BCUT2D eigenvalue weighted by molar-refractivity contribution is -0.118. The van der Waals surface area contributed by atoms with Gasteiger partial charge in [0.2, 0.25) is 5.91 Å². The van der Waals surface area contributed by atoms with Crippen LogP contribution >= 0.6 is 11.8 Å². The summed E-state index contributed by atoms with van der Waals surface area (Å²) in [5, 5.41) is 2.78. The molecule has 1 fully saturated rings. The first kappa shape index (κ1) is 16.6. The lowest BCUT2D eigenvalue weighted by Gasteiger charge is -2.09. The lowest BCUT2D eigenvalue weighted by Crippen LogP contribution is -2.25. The Morgan fingerprint density at radius 1 is 1.08 bits per heavy atom. The van der Waals surface area contributed by atoms with Gasteiger partial charge in [0, 0.05) is 29.2 Å². The number of amides is 2. The molecule has 4 rings (SSSR count). The highest BCUT2D eigenvalue weighted by Gasteiger charge is 2.31. The zero-order valence-corrected chi connectivity index (χ0v) is 14.7. The standard InChI is InChI=1S/C20H16N2O3S/c23-12-14-6-4-13(5-7-14)11-22-9-8-16-15(2-1-3-17(16)22)10-18-19(24)21-20(25)26-18/h1-9,12,18H,10-11H2,(H,21,24,25). The maximum absolute atomic E-state index is 11.8. The van der Waals surface area contributed by atoms with Crippen LogP contribution in [0.25, 0.3) is 10.9 Å². The Kier molecular flexibility index (Phi) is 4.34. The molecule has 26 heavy (non-hydrogen) atoms. The molecule has 1 saturated heterocycles. The van der Waals surface area contributed by atoms with E-state index in [1.807, 2.05) is 54.7 Å². The fraction of sp³-hybridized carbons (Fsp3) is 0.150. The molecule has 6 heteroatoms. The largest absolute Gasteiger partial charge is 0.343 e. The second-order valence-electron chi connectivity index (χ2n) is 6.24. The number of hydrogen-bond acceptors (Lipinski definition) is 4. The quantitative estimate of drug-likeness (QED) is 0.705. The second kappa shape index (κ2) is 6.80. The average molecular weight is 364 g/mol. The maximum atomic E-state index is 11.8. The summed E-state index contributed by atoms with van der Waals surface area (Å²) in [5.41, 5.74) is 3.90. The summed E-state index contributed by atoms with van der Waals surface area (Å²) in [6.07, 6.45) is 3.38. The van der Waals surface area contributed by atoms with Gasteiger partial charge in [-0.2, -0.15) is 0 Å². The van der Waals surface area contributed by atoms with E-state index in [1.54, 1.807) is 0 Å². The van der Waals surface area contributed by atoms with Gasteiger partial charge in [-0.25, -0.2) is 0 Å². The molecule has 1 aromatic heterocycles. The number of benzene rings is 2. The maximum Gasteiger partial charge on any atom is 0.286 e. The van der Waals surface area contributed by atoms with Crippen molar-refractivity contribution in [3.63, 3.8) is 0 Å². The van der Waals surface area contributed by atoms with E-state index in [4.69, 9.17) is 0 Å². The van der Waals surface area contributed by atoms with E-state index in [9.17, 15) is 14.4 Å². The van der Waals surface area contributed by atoms with E-state index in [0.29, 0.717) is 18.5 Å². The van der Waals surface area contributed by atoms with E-state index >= 15 is 0 Å². The smallest absolute Gasteiger partial charge is 0.286 e. The molecule has 5 nitrogen and oxygen atoms in total. The van der Waals surface area contributed by atoms with Gasteiger partial charge in [-0.05, 0) is 29.7 Å². The zero-order valence-electron chi connectivity index (χ0n) is 13.8. The summed E-state index contributed by atoms with van der Waals surface area (Å²) >= 11 is 1.06. The van der Waals surface area contributed by atoms with Crippen molar-refractivity contribution in [1.82, 2.24) is 9.88 Å². The topological polar surface area (TPSA) is 68.2 Å². The fourth-order valence-electron chi connectivity index (χ4n) is 3.23. The van der Waals surface area contributed by atoms with E-state index in [1.165, 1.54) is 0 Å². The monoisotopic (exact) mass is 364 g/mol. The first-order valence-electron chi connectivity index (χ1n) is 8.26. The van der Waals surface area contributed by atoms with Crippen LogP contribution in [0.5, 0.6) is 0 Å². The number of nitrogens with one attached hydrogen (secondary N) is 1. The summed E-state index contributed by atoms with van der Waals surface area (Å²) in [7, 11) is 0. The highest BCUT2D eigenvalue weighted by molar-refractivity contribution is 8.15. The Bertz CT molecular complexity index is 1010. The van der Waals surface area contributed by atoms with Gasteiger partial charge in [-0.1, -0.05) is 48.2 Å². The predicted octanol–water partition coefficient (Wildman–Crippen LogP) is 3.40. The molecule has 1 aliphatic heterocycles. The zero-order chi connectivity index (χ0) is 18.1. The van der Waals surface area contributed by atoms with Gasteiger partial charge < -0.3 is 4.57 Å². The van der Waals surface area contributed by atoms with Crippen molar-refractivity contribution in [1.29, 1.82) is 0 Å². The molecule has 2 amide bonds. The van der Waals surface area contributed by atoms with Crippen molar-refractivity contribution < 1.29 is 14.4 Å². The first-order valence-corrected chi connectivity index (χ1v) is 9.14. The predicted molar refractivity (Wildman–Crippen MR) is 101 cm³/mol. The summed E-state index contributed by atoms with van der Waals surface area (Å²) in [5.74, 6) is -0.216. The van der Waals surface area contributed by atoms with E-state index in [-0.39, 0.29) is 16.4 Å². The SMILES string of the molecule is O=Cc1ccc(Cn2ccc3c(CC4SC(=O)NC4=O)cccc32)cc1. The number of fused-ring (bicyclic) bond motifs is 1. The Labute approximate surface area is 154 Å². The third-order valence-electron chi connectivity index (χ3n) is 4.55. The van der Waals surface area contributed by atoms with Crippen molar-refractivity contribution in [2.75, 3.05) is 0 Å². The highest BCUT2D eigenvalue weighted by Crippen LogP contribution is 2.28. The van der Waals surface area contributed by atoms with Crippen LogP contribution in [0.3, 0.4) is 0 Å². The van der Waals surface area contributed by atoms with Crippen molar-refractivity contribution in [3.8, 4) is 0 Å². The molecule has 2 heterocycles. The molecular formula is C20H16N2O3S. The van der Waals surface area contributed by atoms with E-state index in [2.05, 4.69) is 9.88 Å². The third kappa shape index (κ3) is 3.15. The molecule has 1 unspecified atom stereocenters. The summed E-state index contributed by atoms with van der Waals surface area (Å²) < 4.78 is 2.14. The lowest BCUT2D eigenvalue weighted by atomic mass is 10.0. The number of carbonyl (C=O) groups excluding carboxylic acids is 3. The van der Waals surface area contributed by atoms with Crippen LogP contribution in [0, 0.1) is 0 Å². The van der Waals surface area contributed by atoms with Crippen molar-refractivity contribution in [3.05, 3.63) is 71.4 Å². The molecule has 0 radical (unpaired) electrons. The summed E-state index contributed by atoms with van der Waals surface area (Å²) in [4.78, 5) is 34.0. The van der Waals surface area contributed by atoms with Gasteiger partial charge in [0.05, 0.1) is 5.25 Å². The molecular weight excluding hydrogens is 348 g/mol. The van der Waals surface area contributed by atoms with Crippen molar-refractivity contribution >= 4 is 40.1 Å². The van der Waals surface area contributed by atoms with Gasteiger partial charge in [-0.3, -0.25) is 19.7 Å². The normalized spacial score (nSPS) is 16.8. The van der Waals surface area contributed by atoms with Gasteiger partial charge in [0.15, 0.2) is 0 Å². The number of rotatable bonds is 5. The van der Waals surface area contributed by atoms with E-state index < -0.39 is 0 Å². The number of carbonyl (C=O) groups is 3. The highest BCUT2D eigenvalue weighted by atomic mass is 32.2. The number of thioether (sulfide) groups is 1. The molecule has 0 aliphatic carbocycles. The fourth-order valence-corrected chi connectivity index (χ4v) is 4.08. The molecule has 130 valence electrons. The number of aromatic nitrogens is 1. The third-order valence-corrected chi connectivity index (χ3v) is 5.53. The van der Waals surface area contributed by atoms with Crippen LogP contribution in [0.2, 0.25) is 0 Å². The molecule has 2 aromatic carbocycles. The van der Waals surface area contributed by atoms with Gasteiger partial charge in [-0.15, -0.1) is 0 Å². The average Bonchev–Trinajstić information content (AvgIpc) is 3.19. The second-order valence-corrected chi connectivity index (χ2v) is 7.42. The van der Waals surface area contributed by atoms with Crippen LogP contribution in [0.15, 0.2) is 54.7 Å². The molecule has 1 atom stereocenters. The Hall–Kier alpha value is -2.86. The van der Waals surface area contributed by atoms with Crippen LogP contribution < -0.4 is 5.32 Å². The van der Waals surface area contributed by atoms with Crippen LogP contribution in [0.1, 0.15) is 21.5 Å². The number of aldehydes is 1.